The van der Waals surface area contributed by atoms with E-state index in [9.17, 15) is 0 Å². The Labute approximate surface area is 105 Å². The molecule has 1 fully saturated rings. The molecular formula is C12H16N6. The Hall–Kier alpha value is -1.95. The maximum atomic E-state index is 3.91. The second-order valence-electron chi connectivity index (χ2n) is 4.59. The largest absolute Gasteiger partial charge is 0.381 e. The number of hydrogen-bond acceptors (Lipinski definition) is 5. The predicted molar refractivity (Wildman–Crippen MR) is 68.8 cm³/mol. The number of nitrogens with zero attached hydrogens (tertiary/aromatic N) is 4. The summed E-state index contributed by atoms with van der Waals surface area (Å²) in [4.78, 5) is 0. The number of benzene rings is 1. The van der Waals surface area contributed by atoms with Crippen molar-refractivity contribution in [3.63, 3.8) is 0 Å². The molecule has 1 aromatic heterocycles. The fourth-order valence-corrected chi connectivity index (χ4v) is 2.29. The molecule has 1 aliphatic rings. The highest BCUT2D eigenvalue weighted by Gasteiger charge is 2.14. The molecule has 3 rings (SSSR count). The predicted octanol–water partition coefficient (Wildman–Crippen LogP) is 0.745. The maximum Gasteiger partial charge on any atom is 0.143 e. The van der Waals surface area contributed by atoms with Gasteiger partial charge in [0.05, 0.1) is 5.69 Å². The molecule has 2 heterocycles. The van der Waals surface area contributed by atoms with Crippen LogP contribution in [0.5, 0.6) is 0 Å². The molecule has 1 aromatic carbocycles. The highest BCUT2D eigenvalue weighted by atomic mass is 15.5. The van der Waals surface area contributed by atoms with Crippen molar-refractivity contribution < 1.29 is 0 Å². The van der Waals surface area contributed by atoms with Crippen LogP contribution < -0.4 is 10.6 Å². The van der Waals surface area contributed by atoms with E-state index in [0.29, 0.717) is 6.04 Å². The lowest BCUT2D eigenvalue weighted by Gasteiger charge is -2.14. The summed E-state index contributed by atoms with van der Waals surface area (Å²) >= 11 is 0. The Bertz CT molecular complexity index is 515. The van der Waals surface area contributed by atoms with E-state index in [4.69, 9.17) is 0 Å². The summed E-state index contributed by atoms with van der Waals surface area (Å²) in [6, 6.07) is 6.77. The smallest absolute Gasteiger partial charge is 0.143 e. The van der Waals surface area contributed by atoms with Gasteiger partial charge in [0.2, 0.25) is 0 Å². The Kier molecular flexibility index (Phi) is 2.93. The molecule has 0 radical (unpaired) electrons. The number of aromatic nitrogens is 4. The third-order valence-electron chi connectivity index (χ3n) is 3.22. The van der Waals surface area contributed by atoms with Gasteiger partial charge in [-0.2, -0.15) is 0 Å². The second kappa shape index (κ2) is 4.73. The standard InChI is InChI=1S/C12H16N6/c1-9-6-10(15-11-4-5-13-7-11)2-3-12(9)18-8-14-16-17-18/h2-3,6,8,11,13,15H,4-5,7H2,1H3. The van der Waals surface area contributed by atoms with Crippen molar-refractivity contribution >= 4 is 5.69 Å². The summed E-state index contributed by atoms with van der Waals surface area (Å²) < 4.78 is 1.68. The van der Waals surface area contributed by atoms with Crippen LogP contribution in [0.15, 0.2) is 24.5 Å². The van der Waals surface area contributed by atoms with E-state index >= 15 is 0 Å². The van der Waals surface area contributed by atoms with E-state index < -0.39 is 0 Å². The van der Waals surface area contributed by atoms with E-state index in [1.807, 2.05) is 6.07 Å². The van der Waals surface area contributed by atoms with Gasteiger partial charge in [0.1, 0.15) is 6.33 Å². The van der Waals surface area contributed by atoms with Crippen LogP contribution in [0.3, 0.4) is 0 Å². The summed E-state index contributed by atoms with van der Waals surface area (Å²) in [5.41, 5.74) is 3.31. The molecule has 2 aromatic rings. The zero-order chi connectivity index (χ0) is 12.4. The summed E-state index contributed by atoms with van der Waals surface area (Å²) in [6.45, 7) is 4.20. The van der Waals surface area contributed by atoms with Crippen LogP contribution >= 0.6 is 0 Å². The van der Waals surface area contributed by atoms with E-state index in [0.717, 1.165) is 30.0 Å². The molecule has 0 aliphatic carbocycles. The average molecular weight is 244 g/mol. The lowest BCUT2D eigenvalue weighted by molar-refractivity contribution is 0.782. The van der Waals surface area contributed by atoms with Gasteiger partial charge in [-0.25, -0.2) is 4.68 Å². The number of hydrogen-bond donors (Lipinski definition) is 2. The molecule has 0 spiro atoms. The van der Waals surface area contributed by atoms with Crippen molar-refractivity contribution in [2.45, 2.75) is 19.4 Å². The van der Waals surface area contributed by atoms with E-state index in [1.165, 1.54) is 6.42 Å². The van der Waals surface area contributed by atoms with Gasteiger partial charge in [-0.05, 0) is 54.1 Å². The van der Waals surface area contributed by atoms with Crippen LogP contribution in [0, 0.1) is 6.92 Å². The minimum atomic E-state index is 0.531. The molecule has 1 saturated heterocycles. The van der Waals surface area contributed by atoms with Crippen LogP contribution in [0.4, 0.5) is 5.69 Å². The first-order valence-corrected chi connectivity index (χ1v) is 6.14. The topological polar surface area (TPSA) is 67.7 Å². The van der Waals surface area contributed by atoms with Crippen LogP contribution in [-0.2, 0) is 0 Å². The third-order valence-corrected chi connectivity index (χ3v) is 3.22. The molecule has 2 N–H and O–H groups in total. The Morgan fingerprint density at radius 3 is 3.06 bits per heavy atom. The van der Waals surface area contributed by atoms with E-state index in [1.54, 1.807) is 11.0 Å². The van der Waals surface area contributed by atoms with Crippen molar-refractivity contribution in [1.29, 1.82) is 0 Å². The molecule has 6 nitrogen and oxygen atoms in total. The molecule has 0 amide bonds. The number of aryl methyl sites for hydroxylation is 1. The van der Waals surface area contributed by atoms with Crippen LogP contribution in [0.25, 0.3) is 5.69 Å². The molecule has 94 valence electrons. The summed E-state index contributed by atoms with van der Waals surface area (Å²) in [6.07, 6.45) is 2.78. The van der Waals surface area contributed by atoms with Crippen LogP contribution in [0.2, 0.25) is 0 Å². The Morgan fingerprint density at radius 2 is 2.39 bits per heavy atom. The van der Waals surface area contributed by atoms with Gasteiger partial charge >= 0.3 is 0 Å². The fourth-order valence-electron chi connectivity index (χ4n) is 2.29. The van der Waals surface area contributed by atoms with Crippen LogP contribution in [0.1, 0.15) is 12.0 Å². The average Bonchev–Trinajstić information content (AvgIpc) is 3.01. The summed E-state index contributed by atoms with van der Waals surface area (Å²) in [5, 5.41) is 18.1. The molecule has 1 unspecified atom stereocenters. The lowest BCUT2D eigenvalue weighted by atomic mass is 10.1. The van der Waals surface area contributed by atoms with Gasteiger partial charge in [-0.1, -0.05) is 0 Å². The molecule has 6 heteroatoms. The number of rotatable bonds is 3. The number of tetrazole rings is 1. The molecule has 0 saturated carbocycles. The normalized spacial score (nSPS) is 19.1. The summed E-state index contributed by atoms with van der Waals surface area (Å²) in [7, 11) is 0. The molecule has 18 heavy (non-hydrogen) atoms. The lowest BCUT2D eigenvalue weighted by Crippen LogP contribution is -2.22. The fraction of sp³-hybridized carbons (Fsp3) is 0.417. The zero-order valence-corrected chi connectivity index (χ0v) is 10.3. The Balaban J connectivity index is 1.80. The zero-order valence-electron chi connectivity index (χ0n) is 10.3. The highest BCUT2D eigenvalue weighted by Crippen LogP contribution is 2.19. The number of anilines is 1. The third kappa shape index (κ3) is 2.19. The first kappa shape index (κ1) is 11.2. The van der Waals surface area contributed by atoms with Crippen LogP contribution in [-0.4, -0.2) is 39.3 Å². The highest BCUT2D eigenvalue weighted by molar-refractivity contribution is 5.53. The summed E-state index contributed by atoms with van der Waals surface area (Å²) in [5.74, 6) is 0. The monoisotopic (exact) mass is 244 g/mol. The quantitative estimate of drug-likeness (QED) is 0.833. The molecule has 0 bridgehead atoms. The van der Waals surface area contributed by atoms with Crippen molar-refractivity contribution in [2.24, 2.45) is 0 Å². The van der Waals surface area contributed by atoms with E-state index in [2.05, 4.69) is 45.2 Å². The van der Waals surface area contributed by atoms with Crippen molar-refractivity contribution in [3.05, 3.63) is 30.1 Å². The van der Waals surface area contributed by atoms with Crippen molar-refractivity contribution in [2.75, 3.05) is 18.4 Å². The minimum Gasteiger partial charge on any atom is -0.381 e. The van der Waals surface area contributed by atoms with Gasteiger partial charge in [0, 0.05) is 18.3 Å². The molecule has 1 aliphatic heterocycles. The second-order valence-corrected chi connectivity index (χ2v) is 4.59. The van der Waals surface area contributed by atoms with Gasteiger partial charge in [-0.15, -0.1) is 5.10 Å². The Morgan fingerprint density at radius 1 is 1.44 bits per heavy atom. The van der Waals surface area contributed by atoms with Gasteiger partial charge in [0.25, 0.3) is 0 Å². The van der Waals surface area contributed by atoms with E-state index in [-0.39, 0.29) is 0 Å². The molecular weight excluding hydrogens is 228 g/mol. The SMILES string of the molecule is Cc1cc(NC2CCNC2)ccc1-n1cnnn1. The first-order valence-electron chi connectivity index (χ1n) is 6.14. The maximum absolute atomic E-state index is 3.91. The minimum absolute atomic E-state index is 0.531. The van der Waals surface area contributed by atoms with Gasteiger partial charge < -0.3 is 10.6 Å². The van der Waals surface area contributed by atoms with Crippen molar-refractivity contribution in [3.8, 4) is 5.69 Å². The first-order chi connectivity index (χ1) is 8.83. The van der Waals surface area contributed by atoms with Gasteiger partial charge in [-0.3, -0.25) is 0 Å². The van der Waals surface area contributed by atoms with Crippen molar-refractivity contribution in [1.82, 2.24) is 25.5 Å². The van der Waals surface area contributed by atoms with Gasteiger partial charge in [0.15, 0.2) is 0 Å². The molecule has 1 atom stereocenters. The number of nitrogens with one attached hydrogen (secondary N) is 2.